The molecule has 100 valence electrons. The average molecular weight is 248 g/mol. The van der Waals surface area contributed by atoms with Crippen LogP contribution in [0.4, 0.5) is 0 Å². The van der Waals surface area contributed by atoms with Gasteiger partial charge in [-0.05, 0) is 49.8 Å². The Kier molecular flexibility index (Phi) is 5.14. The Hall–Kier alpha value is -0.930. The van der Waals surface area contributed by atoms with Crippen LogP contribution in [0.25, 0.3) is 0 Å². The van der Waals surface area contributed by atoms with Gasteiger partial charge in [-0.25, -0.2) is 0 Å². The van der Waals surface area contributed by atoms with E-state index in [4.69, 9.17) is 10.5 Å². The summed E-state index contributed by atoms with van der Waals surface area (Å²) in [4.78, 5) is 4.35. The van der Waals surface area contributed by atoms with Gasteiger partial charge in [0.15, 0.2) is 0 Å². The Morgan fingerprint density at radius 3 is 2.83 bits per heavy atom. The van der Waals surface area contributed by atoms with Crippen LogP contribution in [0.5, 0.6) is 0 Å². The molecule has 0 aromatic carbocycles. The number of pyridine rings is 1. The lowest BCUT2D eigenvalue weighted by Crippen LogP contribution is -2.29. The number of aryl methyl sites for hydroxylation is 1. The van der Waals surface area contributed by atoms with Crippen molar-refractivity contribution < 1.29 is 4.74 Å². The number of hydrogen-bond acceptors (Lipinski definition) is 3. The molecule has 0 bridgehead atoms. The van der Waals surface area contributed by atoms with E-state index in [-0.39, 0.29) is 0 Å². The van der Waals surface area contributed by atoms with E-state index >= 15 is 0 Å². The summed E-state index contributed by atoms with van der Waals surface area (Å²) >= 11 is 0. The zero-order valence-electron chi connectivity index (χ0n) is 11.3. The number of nitrogens with two attached hydrogens (primary N) is 1. The summed E-state index contributed by atoms with van der Waals surface area (Å²) in [6, 6.07) is 4.04. The lowest BCUT2D eigenvalue weighted by Gasteiger charge is -2.30. The monoisotopic (exact) mass is 248 g/mol. The van der Waals surface area contributed by atoms with Gasteiger partial charge >= 0.3 is 0 Å². The van der Waals surface area contributed by atoms with Gasteiger partial charge in [-0.3, -0.25) is 4.98 Å². The minimum atomic E-state index is 0.625. The van der Waals surface area contributed by atoms with Crippen LogP contribution in [0.15, 0.2) is 18.3 Å². The number of ether oxygens (including phenoxy) is 1. The Balaban J connectivity index is 1.79. The van der Waals surface area contributed by atoms with Gasteiger partial charge in [0.2, 0.25) is 0 Å². The lowest BCUT2D eigenvalue weighted by atomic mass is 9.80. The van der Waals surface area contributed by atoms with Crippen LogP contribution in [-0.4, -0.2) is 18.1 Å². The van der Waals surface area contributed by atoms with E-state index < -0.39 is 0 Å². The molecule has 1 aromatic heterocycles. The van der Waals surface area contributed by atoms with Crippen LogP contribution in [0.2, 0.25) is 0 Å². The molecule has 2 unspecified atom stereocenters. The SMILES string of the molecule is Cc1cccnc1COCC1CCCCC1CN. The lowest BCUT2D eigenvalue weighted by molar-refractivity contribution is 0.0495. The maximum atomic E-state index is 5.85. The normalized spacial score (nSPS) is 24.1. The molecule has 18 heavy (non-hydrogen) atoms. The van der Waals surface area contributed by atoms with Crippen molar-refractivity contribution in [2.75, 3.05) is 13.2 Å². The highest BCUT2D eigenvalue weighted by molar-refractivity contribution is 5.16. The molecule has 0 radical (unpaired) electrons. The molecule has 0 spiro atoms. The van der Waals surface area contributed by atoms with Gasteiger partial charge in [0, 0.05) is 6.20 Å². The molecule has 3 nitrogen and oxygen atoms in total. The van der Waals surface area contributed by atoms with Crippen molar-refractivity contribution in [3.63, 3.8) is 0 Å². The highest BCUT2D eigenvalue weighted by Gasteiger charge is 2.23. The van der Waals surface area contributed by atoms with Gasteiger partial charge in [0.1, 0.15) is 0 Å². The van der Waals surface area contributed by atoms with Crippen molar-refractivity contribution >= 4 is 0 Å². The van der Waals surface area contributed by atoms with Gasteiger partial charge in [-0.1, -0.05) is 18.9 Å². The molecule has 1 heterocycles. The fraction of sp³-hybridized carbons (Fsp3) is 0.667. The summed E-state index contributed by atoms with van der Waals surface area (Å²) in [6.07, 6.45) is 7.02. The summed E-state index contributed by atoms with van der Waals surface area (Å²) < 4.78 is 5.85. The van der Waals surface area contributed by atoms with E-state index in [1.165, 1.54) is 31.2 Å². The first-order valence-corrected chi connectivity index (χ1v) is 6.99. The standard InChI is InChI=1S/C15H24N2O/c1-12-5-4-8-17-15(12)11-18-10-14-7-3-2-6-13(14)9-16/h4-5,8,13-14H,2-3,6-7,9-11,16H2,1H3. The molecule has 1 aromatic rings. The zero-order valence-corrected chi connectivity index (χ0v) is 11.3. The van der Waals surface area contributed by atoms with Crippen molar-refractivity contribution in [2.45, 2.75) is 39.2 Å². The molecule has 2 N–H and O–H groups in total. The molecular weight excluding hydrogens is 224 g/mol. The zero-order chi connectivity index (χ0) is 12.8. The number of aromatic nitrogens is 1. The van der Waals surface area contributed by atoms with Crippen molar-refractivity contribution in [1.82, 2.24) is 4.98 Å². The molecule has 3 heteroatoms. The maximum absolute atomic E-state index is 5.85. The smallest absolute Gasteiger partial charge is 0.0890 e. The molecule has 1 saturated carbocycles. The summed E-state index contributed by atoms with van der Waals surface area (Å²) in [7, 11) is 0. The summed E-state index contributed by atoms with van der Waals surface area (Å²) in [5.41, 5.74) is 8.09. The fourth-order valence-corrected chi connectivity index (χ4v) is 2.79. The predicted molar refractivity (Wildman–Crippen MR) is 73.1 cm³/mol. The maximum Gasteiger partial charge on any atom is 0.0890 e. The average Bonchev–Trinajstić information content (AvgIpc) is 2.41. The van der Waals surface area contributed by atoms with Crippen molar-refractivity contribution in [1.29, 1.82) is 0 Å². The van der Waals surface area contributed by atoms with Crippen molar-refractivity contribution in [3.05, 3.63) is 29.6 Å². The first kappa shape index (κ1) is 13.5. The minimum absolute atomic E-state index is 0.625. The second-order valence-electron chi connectivity index (χ2n) is 5.32. The van der Waals surface area contributed by atoms with Crippen LogP contribution in [0.1, 0.15) is 36.9 Å². The van der Waals surface area contributed by atoms with E-state index in [9.17, 15) is 0 Å². The Morgan fingerprint density at radius 2 is 2.11 bits per heavy atom. The molecule has 1 aliphatic carbocycles. The summed E-state index contributed by atoms with van der Waals surface area (Å²) in [5, 5.41) is 0. The number of rotatable bonds is 5. The van der Waals surface area contributed by atoms with Crippen LogP contribution < -0.4 is 5.73 Å². The van der Waals surface area contributed by atoms with Gasteiger partial charge in [0.05, 0.1) is 18.9 Å². The molecule has 0 aliphatic heterocycles. The number of nitrogens with zero attached hydrogens (tertiary/aromatic N) is 1. The molecule has 2 atom stereocenters. The van der Waals surface area contributed by atoms with Crippen LogP contribution >= 0.6 is 0 Å². The van der Waals surface area contributed by atoms with E-state index in [2.05, 4.69) is 18.0 Å². The fourth-order valence-electron chi connectivity index (χ4n) is 2.79. The molecule has 1 aliphatic rings. The first-order valence-electron chi connectivity index (χ1n) is 6.99. The topological polar surface area (TPSA) is 48.1 Å². The predicted octanol–water partition coefficient (Wildman–Crippen LogP) is 2.67. The van der Waals surface area contributed by atoms with E-state index in [1.54, 1.807) is 0 Å². The third kappa shape index (κ3) is 3.53. The quantitative estimate of drug-likeness (QED) is 0.871. The van der Waals surface area contributed by atoms with Crippen molar-refractivity contribution in [3.8, 4) is 0 Å². The van der Waals surface area contributed by atoms with Crippen LogP contribution in [-0.2, 0) is 11.3 Å². The van der Waals surface area contributed by atoms with Crippen LogP contribution in [0.3, 0.4) is 0 Å². The Morgan fingerprint density at radius 1 is 1.33 bits per heavy atom. The van der Waals surface area contributed by atoms with E-state index in [0.29, 0.717) is 18.4 Å². The number of hydrogen-bond donors (Lipinski definition) is 1. The second kappa shape index (κ2) is 6.86. The molecule has 0 saturated heterocycles. The summed E-state index contributed by atoms with van der Waals surface area (Å²) in [5.74, 6) is 1.30. The largest absolute Gasteiger partial charge is 0.375 e. The van der Waals surface area contributed by atoms with Gasteiger partial charge < -0.3 is 10.5 Å². The molecule has 0 amide bonds. The van der Waals surface area contributed by atoms with Gasteiger partial charge in [-0.2, -0.15) is 0 Å². The van der Waals surface area contributed by atoms with E-state index in [0.717, 1.165) is 18.8 Å². The Labute approximate surface area is 110 Å². The van der Waals surface area contributed by atoms with Crippen molar-refractivity contribution in [2.24, 2.45) is 17.6 Å². The van der Waals surface area contributed by atoms with Crippen LogP contribution in [0, 0.1) is 18.8 Å². The minimum Gasteiger partial charge on any atom is -0.375 e. The highest BCUT2D eigenvalue weighted by atomic mass is 16.5. The highest BCUT2D eigenvalue weighted by Crippen LogP contribution is 2.29. The van der Waals surface area contributed by atoms with E-state index in [1.807, 2.05) is 12.3 Å². The third-order valence-corrected chi connectivity index (χ3v) is 4.06. The molecule has 1 fully saturated rings. The third-order valence-electron chi connectivity index (χ3n) is 4.06. The molecule has 2 rings (SSSR count). The summed E-state index contributed by atoms with van der Waals surface area (Å²) in [6.45, 7) is 4.34. The second-order valence-corrected chi connectivity index (χ2v) is 5.32. The first-order chi connectivity index (χ1) is 8.81. The van der Waals surface area contributed by atoms with Gasteiger partial charge in [-0.15, -0.1) is 0 Å². The molecular formula is C15H24N2O. The Bertz CT molecular complexity index is 367. The van der Waals surface area contributed by atoms with Gasteiger partial charge in [0.25, 0.3) is 0 Å².